The normalized spacial score (nSPS) is 11.3. The quantitative estimate of drug-likeness (QED) is 0.387. The van der Waals surface area contributed by atoms with Gasteiger partial charge in [-0.2, -0.15) is 0 Å². The zero-order valence-corrected chi connectivity index (χ0v) is 16.8. The zero-order valence-electron chi connectivity index (χ0n) is 16.8. The molecule has 2 aromatic rings. The number of allylic oxidation sites excluding steroid dienone is 1. The van der Waals surface area contributed by atoms with E-state index >= 15 is 0 Å². The third-order valence-corrected chi connectivity index (χ3v) is 3.94. The second kappa shape index (κ2) is 11.3. The average Bonchev–Trinajstić information content (AvgIpc) is 2.71. The molecule has 0 aliphatic heterocycles. The van der Waals surface area contributed by atoms with E-state index in [1.54, 1.807) is 18.5 Å². The second-order valence-corrected chi connectivity index (χ2v) is 6.67. The van der Waals surface area contributed by atoms with Crippen molar-refractivity contribution >= 4 is 17.4 Å². The number of rotatable bonds is 7. The Balaban J connectivity index is 1.94. The van der Waals surface area contributed by atoms with Crippen molar-refractivity contribution < 1.29 is 0 Å². The lowest BCUT2D eigenvalue weighted by molar-refractivity contribution is 0.464. The first-order chi connectivity index (χ1) is 14.0. The second-order valence-electron chi connectivity index (χ2n) is 6.67. The van der Waals surface area contributed by atoms with Crippen molar-refractivity contribution in [3.8, 4) is 11.8 Å². The highest BCUT2D eigenvalue weighted by molar-refractivity contribution is 6.10. The Kier molecular flexibility index (Phi) is 8.49. The predicted octanol–water partition coefficient (Wildman–Crippen LogP) is 2.89. The van der Waals surface area contributed by atoms with E-state index in [4.69, 9.17) is 16.6 Å². The van der Waals surface area contributed by atoms with E-state index in [-0.39, 0.29) is 5.84 Å². The molecule has 6 nitrogen and oxygen atoms in total. The Morgan fingerprint density at radius 3 is 2.66 bits per heavy atom. The lowest BCUT2D eigenvalue weighted by Crippen LogP contribution is -2.15. The van der Waals surface area contributed by atoms with Crippen molar-refractivity contribution in [1.29, 1.82) is 10.8 Å². The van der Waals surface area contributed by atoms with Crippen LogP contribution in [0.1, 0.15) is 23.1 Å². The van der Waals surface area contributed by atoms with Crippen LogP contribution in [-0.2, 0) is 6.42 Å². The van der Waals surface area contributed by atoms with Gasteiger partial charge < -0.3 is 11.1 Å². The zero-order chi connectivity index (χ0) is 21.1. The summed E-state index contributed by atoms with van der Waals surface area (Å²) in [4.78, 5) is 10.3. The molecule has 0 saturated heterocycles. The summed E-state index contributed by atoms with van der Waals surface area (Å²) >= 11 is 0. The van der Waals surface area contributed by atoms with E-state index < -0.39 is 0 Å². The third-order valence-electron chi connectivity index (χ3n) is 3.94. The molecule has 0 atom stereocenters. The van der Waals surface area contributed by atoms with E-state index in [1.165, 1.54) is 6.08 Å². The van der Waals surface area contributed by atoms with Gasteiger partial charge in [-0.1, -0.05) is 42.2 Å². The Hall–Kier alpha value is -3.56. The van der Waals surface area contributed by atoms with Crippen LogP contribution in [0.15, 0.2) is 65.9 Å². The molecule has 29 heavy (non-hydrogen) atoms. The lowest BCUT2D eigenvalue weighted by atomic mass is 10.1. The number of nitrogens with zero attached hydrogens (tertiary/aromatic N) is 3. The first-order valence-electron chi connectivity index (χ1n) is 9.26. The van der Waals surface area contributed by atoms with E-state index in [1.807, 2.05) is 55.4 Å². The standard InChI is InChI=1S/C23H26N6/c1-29(2)16-6-9-20-17-27-15-14-18(20)10-12-22(25)28-23(26)13-11-21(24)19-7-4-3-5-8-19/h3-5,7-8,11,13-15,17,24H,10,12,16H2,1-2H3,(H3,25,26,28)/b13-11-,24-21?. The minimum atomic E-state index is 0.0175. The molecular formula is C23H26N6. The van der Waals surface area contributed by atoms with Crippen molar-refractivity contribution in [2.24, 2.45) is 10.7 Å². The van der Waals surface area contributed by atoms with Crippen LogP contribution in [0.2, 0.25) is 0 Å². The van der Waals surface area contributed by atoms with Crippen LogP contribution in [0, 0.1) is 22.7 Å². The topological polar surface area (TPSA) is 102 Å². The van der Waals surface area contributed by atoms with E-state index in [0.29, 0.717) is 30.9 Å². The SMILES string of the molecule is CN(C)CC#Cc1cnccc1CCC(N)=NC(=N)/C=C\C(=N)c1ccccc1. The summed E-state index contributed by atoms with van der Waals surface area (Å²) in [7, 11) is 3.95. The fourth-order valence-electron chi connectivity index (χ4n) is 2.43. The van der Waals surface area contributed by atoms with E-state index in [0.717, 1.165) is 16.7 Å². The minimum absolute atomic E-state index is 0.0175. The van der Waals surface area contributed by atoms with Gasteiger partial charge in [0.2, 0.25) is 0 Å². The van der Waals surface area contributed by atoms with Crippen molar-refractivity contribution in [2.75, 3.05) is 20.6 Å². The number of nitrogens with one attached hydrogen (secondary N) is 2. The fraction of sp³-hybridized carbons (Fsp3) is 0.217. The fourth-order valence-corrected chi connectivity index (χ4v) is 2.43. The number of nitrogens with two attached hydrogens (primary N) is 1. The molecule has 0 fully saturated rings. The first kappa shape index (κ1) is 21.7. The Bertz CT molecular complexity index is 962. The lowest BCUT2D eigenvalue weighted by Gasteiger charge is -2.05. The molecule has 6 heteroatoms. The molecule has 0 saturated carbocycles. The van der Waals surface area contributed by atoms with Crippen molar-refractivity contribution in [1.82, 2.24) is 9.88 Å². The van der Waals surface area contributed by atoms with Crippen LogP contribution >= 0.6 is 0 Å². The molecule has 148 valence electrons. The number of aromatic nitrogens is 1. The van der Waals surface area contributed by atoms with Crippen LogP contribution in [0.5, 0.6) is 0 Å². The van der Waals surface area contributed by atoms with Gasteiger partial charge in [0.25, 0.3) is 0 Å². The van der Waals surface area contributed by atoms with Crippen molar-refractivity contribution in [2.45, 2.75) is 12.8 Å². The van der Waals surface area contributed by atoms with Gasteiger partial charge in [-0.05, 0) is 49.9 Å². The Morgan fingerprint density at radius 1 is 1.17 bits per heavy atom. The number of pyridine rings is 1. The maximum absolute atomic E-state index is 8.02. The average molecular weight is 387 g/mol. The van der Waals surface area contributed by atoms with Crippen molar-refractivity contribution in [3.05, 3.63) is 77.6 Å². The molecule has 4 N–H and O–H groups in total. The van der Waals surface area contributed by atoms with Gasteiger partial charge in [-0.15, -0.1) is 0 Å². The summed E-state index contributed by atoms with van der Waals surface area (Å²) in [5, 5.41) is 16.0. The molecule has 0 bridgehead atoms. The third kappa shape index (κ3) is 7.91. The molecule has 0 amide bonds. The monoisotopic (exact) mass is 386 g/mol. The molecule has 1 heterocycles. The van der Waals surface area contributed by atoms with E-state index in [9.17, 15) is 0 Å². The smallest absolute Gasteiger partial charge is 0.146 e. The van der Waals surface area contributed by atoms with Gasteiger partial charge >= 0.3 is 0 Å². The van der Waals surface area contributed by atoms with Gasteiger partial charge in [-0.3, -0.25) is 15.3 Å². The molecule has 0 spiro atoms. The van der Waals surface area contributed by atoms with Gasteiger partial charge in [0.15, 0.2) is 0 Å². The summed E-state index contributed by atoms with van der Waals surface area (Å²) in [6.45, 7) is 0.680. The highest BCUT2D eigenvalue weighted by Gasteiger charge is 2.03. The Labute approximate surface area is 172 Å². The number of amidine groups is 2. The van der Waals surface area contributed by atoms with Crippen LogP contribution in [0.3, 0.4) is 0 Å². The molecule has 0 aliphatic rings. The molecule has 1 aromatic heterocycles. The number of aliphatic imine (C=N–C) groups is 1. The summed E-state index contributed by atoms with van der Waals surface area (Å²) in [6.07, 6.45) is 7.70. The highest BCUT2D eigenvalue weighted by Crippen LogP contribution is 2.08. The largest absolute Gasteiger partial charge is 0.387 e. The summed E-state index contributed by atoms with van der Waals surface area (Å²) in [6, 6.07) is 11.3. The molecule has 2 rings (SSSR count). The summed E-state index contributed by atoms with van der Waals surface area (Å²) < 4.78 is 0. The maximum Gasteiger partial charge on any atom is 0.146 e. The van der Waals surface area contributed by atoms with Gasteiger partial charge in [-0.25, -0.2) is 4.99 Å². The van der Waals surface area contributed by atoms with E-state index in [2.05, 4.69) is 21.8 Å². The van der Waals surface area contributed by atoms with Crippen LogP contribution in [0.4, 0.5) is 0 Å². The number of aryl methyl sites for hydroxylation is 1. The minimum Gasteiger partial charge on any atom is -0.387 e. The number of benzene rings is 1. The Morgan fingerprint density at radius 2 is 1.93 bits per heavy atom. The molecule has 1 aromatic carbocycles. The molecule has 0 unspecified atom stereocenters. The predicted molar refractivity (Wildman–Crippen MR) is 120 cm³/mol. The maximum atomic E-state index is 8.02. The number of hydrogen-bond donors (Lipinski definition) is 3. The van der Waals surface area contributed by atoms with Crippen LogP contribution in [-0.4, -0.2) is 47.9 Å². The highest BCUT2D eigenvalue weighted by atomic mass is 15.0. The van der Waals surface area contributed by atoms with Gasteiger partial charge in [0.05, 0.1) is 12.3 Å². The van der Waals surface area contributed by atoms with Gasteiger partial charge in [0.1, 0.15) is 11.7 Å². The van der Waals surface area contributed by atoms with Gasteiger partial charge in [0, 0.05) is 24.4 Å². The number of hydrogen-bond acceptors (Lipinski definition) is 4. The van der Waals surface area contributed by atoms with Crippen LogP contribution in [0.25, 0.3) is 0 Å². The molecule has 0 radical (unpaired) electrons. The first-order valence-corrected chi connectivity index (χ1v) is 9.26. The summed E-state index contributed by atoms with van der Waals surface area (Å²) in [5.74, 6) is 6.65. The molecular weight excluding hydrogens is 360 g/mol. The van der Waals surface area contributed by atoms with Crippen molar-refractivity contribution in [3.63, 3.8) is 0 Å². The van der Waals surface area contributed by atoms with Crippen LogP contribution < -0.4 is 5.73 Å². The molecule has 0 aliphatic carbocycles. The summed E-state index contributed by atoms with van der Waals surface area (Å²) in [5.41, 5.74) is 9.04.